The first kappa shape index (κ1) is 23.5. The molecule has 1 saturated carbocycles. The fourth-order valence-corrected chi connectivity index (χ4v) is 3.97. The van der Waals surface area contributed by atoms with Gasteiger partial charge in [0.05, 0.1) is 0 Å². The highest BCUT2D eigenvalue weighted by atomic mass is 16.2. The van der Waals surface area contributed by atoms with Gasteiger partial charge in [0.15, 0.2) is 0 Å². The van der Waals surface area contributed by atoms with Crippen molar-refractivity contribution in [3.05, 3.63) is 59.7 Å². The quantitative estimate of drug-likeness (QED) is 0.538. The lowest BCUT2D eigenvalue weighted by Crippen LogP contribution is -2.25. The molecule has 0 bridgehead atoms. The molecule has 2 aromatic rings. The standard InChI is InChI=1S/C26H33N3O3/c1-18(2)14-24(30)28-22-12-6-8-19(15-22)17-27-25(31)21-11-7-13-23(16-21)29-26(32)20-9-4-3-5-10-20/h6-8,11-13,15-16,18,20H,3-5,9-10,14,17H2,1-2H3,(H,27,31)(H,28,30)(H,29,32). The predicted octanol–water partition coefficient (Wildman–Crippen LogP) is 5.12. The first-order valence-electron chi connectivity index (χ1n) is 11.5. The highest BCUT2D eigenvalue weighted by Crippen LogP contribution is 2.25. The maximum atomic E-state index is 12.6. The van der Waals surface area contributed by atoms with Gasteiger partial charge in [-0.25, -0.2) is 0 Å². The van der Waals surface area contributed by atoms with Gasteiger partial charge in [0, 0.05) is 35.8 Å². The second-order valence-corrected chi connectivity index (χ2v) is 8.93. The molecular formula is C26H33N3O3. The summed E-state index contributed by atoms with van der Waals surface area (Å²) < 4.78 is 0. The molecule has 32 heavy (non-hydrogen) atoms. The molecule has 0 spiro atoms. The molecule has 3 amide bonds. The van der Waals surface area contributed by atoms with Gasteiger partial charge in [-0.3, -0.25) is 14.4 Å². The minimum absolute atomic E-state index is 0.0201. The van der Waals surface area contributed by atoms with Gasteiger partial charge in [0.25, 0.3) is 5.91 Å². The summed E-state index contributed by atoms with van der Waals surface area (Å²) in [4.78, 5) is 37.1. The second-order valence-electron chi connectivity index (χ2n) is 8.93. The van der Waals surface area contributed by atoms with Crippen molar-refractivity contribution in [2.45, 2.75) is 58.9 Å². The van der Waals surface area contributed by atoms with Crippen LogP contribution >= 0.6 is 0 Å². The summed E-state index contributed by atoms with van der Waals surface area (Å²) >= 11 is 0. The van der Waals surface area contributed by atoms with Gasteiger partial charge in [-0.15, -0.1) is 0 Å². The number of anilines is 2. The Bertz CT molecular complexity index is 949. The number of hydrogen-bond acceptors (Lipinski definition) is 3. The van der Waals surface area contributed by atoms with Crippen LogP contribution in [0.4, 0.5) is 11.4 Å². The van der Waals surface area contributed by atoms with Gasteiger partial charge in [-0.05, 0) is 54.7 Å². The van der Waals surface area contributed by atoms with Crippen molar-refractivity contribution in [1.82, 2.24) is 5.32 Å². The van der Waals surface area contributed by atoms with Crippen molar-refractivity contribution in [3.8, 4) is 0 Å². The topological polar surface area (TPSA) is 87.3 Å². The monoisotopic (exact) mass is 435 g/mol. The second kappa shape index (κ2) is 11.5. The Morgan fingerprint density at radius 1 is 0.906 bits per heavy atom. The van der Waals surface area contributed by atoms with E-state index in [-0.39, 0.29) is 23.6 Å². The highest BCUT2D eigenvalue weighted by molar-refractivity contribution is 5.97. The van der Waals surface area contributed by atoms with Crippen LogP contribution in [0.5, 0.6) is 0 Å². The number of hydrogen-bond donors (Lipinski definition) is 3. The maximum Gasteiger partial charge on any atom is 0.251 e. The molecule has 3 rings (SSSR count). The maximum absolute atomic E-state index is 12.6. The average Bonchev–Trinajstić information content (AvgIpc) is 2.78. The van der Waals surface area contributed by atoms with E-state index in [0.717, 1.165) is 36.9 Å². The van der Waals surface area contributed by atoms with Crippen LogP contribution in [-0.4, -0.2) is 17.7 Å². The van der Waals surface area contributed by atoms with Crippen LogP contribution in [0.3, 0.4) is 0 Å². The minimum Gasteiger partial charge on any atom is -0.348 e. The fourth-order valence-electron chi connectivity index (χ4n) is 3.97. The van der Waals surface area contributed by atoms with Crippen molar-refractivity contribution < 1.29 is 14.4 Å². The fraction of sp³-hybridized carbons (Fsp3) is 0.423. The van der Waals surface area contributed by atoms with Crippen molar-refractivity contribution in [3.63, 3.8) is 0 Å². The van der Waals surface area contributed by atoms with Crippen molar-refractivity contribution in [1.29, 1.82) is 0 Å². The highest BCUT2D eigenvalue weighted by Gasteiger charge is 2.21. The number of carbonyl (C=O) groups excluding carboxylic acids is 3. The molecule has 0 aromatic heterocycles. The summed E-state index contributed by atoms with van der Waals surface area (Å²) in [5.74, 6) is 0.162. The molecule has 0 aliphatic heterocycles. The molecule has 1 aliphatic carbocycles. The Morgan fingerprint density at radius 3 is 2.31 bits per heavy atom. The SMILES string of the molecule is CC(C)CC(=O)Nc1cccc(CNC(=O)c2cccc(NC(=O)C3CCCCC3)c2)c1. The number of nitrogens with one attached hydrogen (secondary N) is 3. The molecule has 2 aromatic carbocycles. The van der Waals surface area contributed by atoms with Gasteiger partial charge in [0.2, 0.25) is 11.8 Å². The van der Waals surface area contributed by atoms with E-state index in [2.05, 4.69) is 16.0 Å². The third-order valence-corrected chi connectivity index (χ3v) is 5.63. The van der Waals surface area contributed by atoms with E-state index >= 15 is 0 Å². The van der Waals surface area contributed by atoms with E-state index in [1.807, 2.05) is 38.1 Å². The van der Waals surface area contributed by atoms with Gasteiger partial charge in [-0.1, -0.05) is 51.3 Å². The third-order valence-electron chi connectivity index (χ3n) is 5.63. The van der Waals surface area contributed by atoms with Crippen molar-refractivity contribution in [2.24, 2.45) is 11.8 Å². The van der Waals surface area contributed by atoms with Crippen LogP contribution in [-0.2, 0) is 16.1 Å². The van der Waals surface area contributed by atoms with E-state index < -0.39 is 0 Å². The number of rotatable bonds is 8. The molecule has 0 heterocycles. The zero-order valence-corrected chi connectivity index (χ0v) is 18.9. The summed E-state index contributed by atoms with van der Waals surface area (Å²) in [6, 6.07) is 14.5. The lowest BCUT2D eigenvalue weighted by Gasteiger charge is -2.20. The van der Waals surface area contributed by atoms with Crippen LogP contribution in [0.1, 0.15) is 68.3 Å². The first-order valence-corrected chi connectivity index (χ1v) is 11.5. The Kier molecular flexibility index (Phi) is 8.42. The Morgan fingerprint density at radius 2 is 1.59 bits per heavy atom. The van der Waals surface area contributed by atoms with Crippen LogP contribution in [0.25, 0.3) is 0 Å². The molecule has 1 aliphatic rings. The minimum atomic E-state index is -0.215. The smallest absolute Gasteiger partial charge is 0.251 e. The zero-order valence-electron chi connectivity index (χ0n) is 18.9. The van der Waals surface area contributed by atoms with E-state index in [1.54, 1.807) is 24.3 Å². The Balaban J connectivity index is 1.55. The number of amides is 3. The molecule has 0 saturated heterocycles. The summed E-state index contributed by atoms with van der Waals surface area (Å²) in [7, 11) is 0. The van der Waals surface area contributed by atoms with E-state index in [4.69, 9.17) is 0 Å². The zero-order chi connectivity index (χ0) is 22.9. The first-order chi connectivity index (χ1) is 15.4. The Labute approximate surface area is 190 Å². The van der Waals surface area contributed by atoms with Gasteiger partial charge in [0.1, 0.15) is 0 Å². The van der Waals surface area contributed by atoms with Crippen LogP contribution in [0.15, 0.2) is 48.5 Å². The average molecular weight is 436 g/mol. The van der Waals surface area contributed by atoms with Crippen LogP contribution < -0.4 is 16.0 Å². The Hall–Kier alpha value is -3.15. The molecular weight excluding hydrogens is 402 g/mol. The molecule has 6 nitrogen and oxygen atoms in total. The normalized spacial score (nSPS) is 14.1. The third kappa shape index (κ3) is 7.22. The molecule has 6 heteroatoms. The van der Waals surface area contributed by atoms with E-state index in [9.17, 15) is 14.4 Å². The van der Waals surface area contributed by atoms with Crippen molar-refractivity contribution >= 4 is 29.1 Å². The number of benzene rings is 2. The summed E-state index contributed by atoms with van der Waals surface area (Å²) in [5, 5.41) is 8.76. The summed E-state index contributed by atoms with van der Waals surface area (Å²) in [6.45, 7) is 4.34. The van der Waals surface area contributed by atoms with Gasteiger partial charge < -0.3 is 16.0 Å². The molecule has 0 atom stereocenters. The molecule has 0 radical (unpaired) electrons. The van der Waals surface area contributed by atoms with E-state index in [1.165, 1.54) is 6.42 Å². The summed E-state index contributed by atoms with van der Waals surface area (Å²) in [6.07, 6.45) is 5.74. The molecule has 0 unspecified atom stereocenters. The molecule has 3 N–H and O–H groups in total. The van der Waals surface area contributed by atoms with Crippen molar-refractivity contribution in [2.75, 3.05) is 10.6 Å². The molecule has 170 valence electrons. The molecule has 1 fully saturated rings. The van der Waals surface area contributed by atoms with Gasteiger partial charge in [-0.2, -0.15) is 0 Å². The van der Waals surface area contributed by atoms with Crippen LogP contribution in [0, 0.1) is 11.8 Å². The number of carbonyl (C=O) groups is 3. The van der Waals surface area contributed by atoms with Crippen LogP contribution in [0.2, 0.25) is 0 Å². The lowest BCUT2D eigenvalue weighted by atomic mass is 9.88. The van der Waals surface area contributed by atoms with Gasteiger partial charge >= 0.3 is 0 Å². The largest absolute Gasteiger partial charge is 0.348 e. The predicted molar refractivity (Wildman–Crippen MR) is 127 cm³/mol. The van der Waals surface area contributed by atoms with E-state index in [0.29, 0.717) is 30.1 Å². The lowest BCUT2D eigenvalue weighted by molar-refractivity contribution is -0.120. The summed E-state index contributed by atoms with van der Waals surface area (Å²) in [5.41, 5.74) is 2.74.